The van der Waals surface area contributed by atoms with Crippen LogP contribution in [0.4, 0.5) is 4.79 Å². The minimum Gasteiger partial charge on any atom is -0.342 e. The number of nitrogens with zero attached hydrogens (tertiary/aromatic N) is 3. The Morgan fingerprint density at radius 1 is 1.17 bits per heavy atom. The summed E-state index contributed by atoms with van der Waals surface area (Å²) in [5.74, 6) is -0.136. The third-order valence-electron chi connectivity index (χ3n) is 7.63. The van der Waals surface area contributed by atoms with Crippen LogP contribution in [0.25, 0.3) is 0 Å². The van der Waals surface area contributed by atoms with Gasteiger partial charge in [0.1, 0.15) is 0 Å². The van der Waals surface area contributed by atoms with Crippen LogP contribution in [0, 0.1) is 5.92 Å². The first-order valence-corrected chi connectivity index (χ1v) is 13.5. The molecule has 2 fully saturated rings. The topological polar surface area (TPSA) is 82.6 Å². The number of piperidine rings is 1. The number of amides is 4. The van der Waals surface area contributed by atoms with Crippen LogP contribution in [0.15, 0.2) is 53.7 Å². The molecule has 2 saturated heterocycles. The first kappa shape index (κ1) is 23.7. The predicted molar refractivity (Wildman–Crippen MR) is 135 cm³/mol. The van der Waals surface area contributed by atoms with Crippen LogP contribution in [0.1, 0.15) is 55.4 Å². The normalized spacial score (nSPS) is 23.4. The number of likely N-dealkylation sites (tertiary alicyclic amines) is 1. The highest BCUT2D eigenvalue weighted by atomic mass is 32.1. The second-order valence-electron chi connectivity index (χ2n) is 9.71. The van der Waals surface area contributed by atoms with E-state index in [2.05, 4.69) is 16.4 Å². The second kappa shape index (κ2) is 10.3. The fourth-order valence-corrected chi connectivity index (χ4v) is 6.41. The van der Waals surface area contributed by atoms with Gasteiger partial charge in [0.2, 0.25) is 5.91 Å². The molecule has 2 aromatic heterocycles. The first-order valence-electron chi connectivity index (χ1n) is 12.6. The van der Waals surface area contributed by atoms with Crippen molar-refractivity contribution in [2.24, 2.45) is 5.92 Å². The minimum absolute atomic E-state index is 0.104. The molecule has 0 unspecified atom stereocenters. The Morgan fingerprint density at radius 3 is 2.71 bits per heavy atom. The molecule has 4 heterocycles. The van der Waals surface area contributed by atoms with Crippen LogP contribution in [-0.4, -0.2) is 52.3 Å². The van der Waals surface area contributed by atoms with Crippen LogP contribution in [0.5, 0.6) is 0 Å². The largest absolute Gasteiger partial charge is 0.342 e. The van der Waals surface area contributed by atoms with Crippen molar-refractivity contribution < 1.29 is 14.4 Å². The fourth-order valence-electron chi connectivity index (χ4n) is 5.71. The molecular formula is C27H32N4O3S. The van der Waals surface area contributed by atoms with Crippen molar-refractivity contribution in [3.8, 4) is 0 Å². The molecule has 1 aliphatic carbocycles. The third kappa shape index (κ3) is 4.76. The van der Waals surface area contributed by atoms with Crippen molar-refractivity contribution in [3.05, 3.63) is 64.1 Å². The summed E-state index contributed by atoms with van der Waals surface area (Å²) < 4.78 is 0. The summed E-state index contributed by atoms with van der Waals surface area (Å²) in [6.07, 6.45) is 12.5. The summed E-state index contributed by atoms with van der Waals surface area (Å²) >= 11 is 1.63. The first-order chi connectivity index (χ1) is 17.1. The summed E-state index contributed by atoms with van der Waals surface area (Å²) in [5, 5.41) is 5.08. The van der Waals surface area contributed by atoms with Crippen LogP contribution in [0.2, 0.25) is 0 Å². The molecule has 1 atom stereocenters. The number of urea groups is 1. The molecule has 0 saturated carbocycles. The van der Waals surface area contributed by atoms with Gasteiger partial charge in [0.15, 0.2) is 5.54 Å². The maximum atomic E-state index is 13.9. The quantitative estimate of drug-likeness (QED) is 0.462. The third-order valence-corrected chi connectivity index (χ3v) is 8.57. The maximum absolute atomic E-state index is 13.9. The lowest BCUT2D eigenvalue weighted by molar-refractivity contribution is -0.136. The van der Waals surface area contributed by atoms with Gasteiger partial charge in [0, 0.05) is 48.9 Å². The molecule has 1 N–H and O–H groups in total. The Kier molecular flexibility index (Phi) is 7.00. The smallest absolute Gasteiger partial charge is 0.325 e. The number of carbonyl (C=O) groups excluding carboxylic acids is 3. The van der Waals surface area contributed by atoms with Crippen LogP contribution in [0.3, 0.4) is 0 Å². The summed E-state index contributed by atoms with van der Waals surface area (Å²) in [7, 11) is 0. The zero-order chi connectivity index (χ0) is 24.3. The molecule has 5 rings (SSSR count). The molecule has 0 aromatic carbocycles. The number of carbonyl (C=O) groups is 3. The predicted octanol–water partition coefficient (Wildman–Crippen LogP) is 4.26. The number of nitrogens with one attached hydrogen (secondary N) is 1. The highest BCUT2D eigenvalue weighted by Crippen LogP contribution is 2.41. The number of hydrogen-bond acceptors (Lipinski definition) is 5. The molecule has 2 aliphatic heterocycles. The van der Waals surface area contributed by atoms with Gasteiger partial charge in [-0.2, -0.15) is 0 Å². The summed E-state index contributed by atoms with van der Waals surface area (Å²) in [5.41, 5.74) is 0.839. The van der Waals surface area contributed by atoms with E-state index < -0.39 is 5.54 Å². The monoisotopic (exact) mass is 492 g/mol. The maximum Gasteiger partial charge on any atom is 0.325 e. The van der Waals surface area contributed by atoms with Gasteiger partial charge in [-0.1, -0.05) is 23.8 Å². The number of thiophene rings is 1. The van der Waals surface area contributed by atoms with Gasteiger partial charge in [-0.05, 0) is 68.4 Å². The minimum atomic E-state index is -1.14. The molecule has 7 nitrogen and oxygen atoms in total. The lowest BCUT2D eigenvalue weighted by Crippen LogP contribution is -2.54. The van der Waals surface area contributed by atoms with E-state index in [9.17, 15) is 14.4 Å². The standard InChI is InChI=1S/C27H32N4O3S/c32-24(18-20-6-2-1-3-7-20)30-14-10-21(11-15-30)27(22-8-4-13-28-19-22)25(33)31(26(34)29-27)16-12-23-9-5-17-35-23/h4-6,8-9,13,17,19,21H,1-3,7,10-12,14-16,18H2,(H,29,34)/t27-/m0/s1. The van der Waals surface area contributed by atoms with Crippen LogP contribution >= 0.6 is 11.3 Å². The van der Waals surface area contributed by atoms with E-state index >= 15 is 0 Å². The Morgan fingerprint density at radius 2 is 2.03 bits per heavy atom. The van der Waals surface area contributed by atoms with E-state index in [0.29, 0.717) is 50.9 Å². The highest BCUT2D eigenvalue weighted by Gasteiger charge is 2.57. The molecule has 35 heavy (non-hydrogen) atoms. The Bertz CT molecular complexity index is 1090. The van der Waals surface area contributed by atoms with Gasteiger partial charge >= 0.3 is 6.03 Å². The summed E-state index contributed by atoms with van der Waals surface area (Å²) in [6, 6.07) is 7.33. The molecule has 3 aliphatic rings. The van der Waals surface area contributed by atoms with E-state index in [1.54, 1.807) is 29.8 Å². The molecule has 8 heteroatoms. The van der Waals surface area contributed by atoms with Crippen molar-refractivity contribution >= 4 is 29.2 Å². The van der Waals surface area contributed by atoms with Gasteiger partial charge in [-0.15, -0.1) is 11.3 Å². The number of rotatable bonds is 7. The van der Waals surface area contributed by atoms with Crippen molar-refractivity contribution in [2.45, 2.75) is 56.9 Å². The average molecular weight is 493 g/mol. The number of aromatic nitrogens is 1. The lowest BCUT2D eigenvalue weighted by Gasteiger charge is -2.41. The lowest BCUT2D eigenvalue weighted by atomic mass is 9.73. The van der Waals surface area contributed by atoms with Gasteiger partial charge in [-0.25, -0.2) is 4.79 Å². The van der Waals surface area contributed by atoms with Gasteiger partial charge in [0.05, 0.1) is 0 Å². The van der Waals surface area contributed by atoms with Gasteiger partial charge in [0.25, 0.3) is 5.91 Å². The second-order valence-corrected chi connectivity index (χ2v) is 10.7. The molecule has 4 amide bonds. The number of imide groups is 1. The van der Waals surface area contributed by atoms with Crippen molar-refractivity contribution in [1.82, 2.24) is 20.1 Å². The van der Waals surface area contributed by atoms with E-state index in [1.165, 1.54) is 23.3 Å². The SMILES string of the molecule is O=C(CC1=CCCCC1)N1CCC([C@@]2(c3cccnc3)NC(=O)N(CCc3cccs3)C2=O)CC1. The molecule has 0 spiro atoms. The van der Waals surface area contributed by atoms with Crippen molar-refractivity contribution in [2.75, 3.05) is 19.6 Å². The number of pyridine rings is 1. The number of hydrogen-bond donors (Lipinski definition) is 1. The van der Waals surface area contributed by atoms with Gasteiger partial charge < -0.3 is 10.2 Å². The Balaban J connectivity index is 1.32. The average Bonchev–Trinajstić information content (AvgIpc) is 3.50. The Labute approximate surface area is 210 Å². The Hall–Kier alpha value is -3.00. The van der Waals surface area contributed by atoms with E-state index in [4.69, 9.17) is 0 Å². The number of allylic oxidation sites excluding steroid dienone is 1. The fraction of sp³-hybridized carbons (Fsp3) is 0.481. The molecule has 2 aromatic rings. The molecular weight excluding hydrogens is 460 g/mol. The van der Waals surface area contributed by atoms with Crippen molar-refractivity contribution in [1.29, 1.82) is 0 Å². The summed E-state index contributed by atoms with van der Waals surface area (Å²) in [4.78, 5) is 48.6. The zero-order valence-corrected chi connectivity index (χ0v) is 20.8. The molecule has 0 radical (unpaired) electrons. The highest BCUT2D eigenvalue weighted by molar-refractivity contribution is 7.09. The molecule has 184 valence electrons. The van der Waals surface area contributed by atoms with E-state index in [1.807, 2.05) is 28.5 Å². The van der Waals surface area contributed by atoms with Crippen molar-refractivity contribution in [3.63, 3.8) is 0 Å². The van der Waals surface area contributed by atoms with Crippen LogP contribution in [-0.2, 0) is 21.5 Å². The molecule has 0 bridgehead atoms. The zero-order valence-electron chi connectivity index (χ0n) is 19.9. The van der Waals surface area contributed by atoms with E-state index in [-0.39, 0.29) is 23.8 Å². The van der Waals surface area contributed by atoms with Crippen LogP contribution < -0.4 is 5.32 Å². The summed E-state index contributed by atoms with van der Waals surface area (Å²) in [6.45, 7) is 1.54. The van der Waals surface area contributed by atoms with Gasteiger partial charge in [-0.3, -0.25) is 19.5 Å². The van der Waals surface area contributed by atoms with E-state index in [0.717, 1.165) is 17.7 Å².